The molecule has 1 fully saturated rings. The minimum atomic E-state index is -0.467. The second-order valence-corrected chi connectivity index (χ2v) is 9.78. The summed E-state index contributed by atoms with van der Waals surface area (Å²) in [6.45, 7) is 8.28. The van der Waals surface area contributed by atoms with Crippen molar-refractivity contribution in [3.8, 4) is 17.2 Å². The number of phenols is 1. The number of hydrogen-bond donors (Lipinski definition) is 2. The Hall–Kier alpha value is -2.67. The van der Waals surface area contributed by atoms with Gasteiger partial charge in [-0.2, -0.15) is 0 Å². The molecular weight excluding hydrogens is 414 g/mol. The zero-order valence-electron chi connectivity index (χ0n) is 18.2. The summed E-state index contributed by atoms with van der Waals surface area (Å²) in [6.07, 6.45) is 2.13. The number of benzene rings is 2. The van der Waals surface area contributed by atoms with Crippen LogP contribution < -0.4 is 14.8 Å². The molecule has 0 aromatic heterocycles. The van der Waals surface area contributed by atoms with Crippen LogP contribution in [0.25, 0.3) is 0 Å². The van der Waals surface area contributed by atoms with Gasteiger partial charge in [0.25, 0.3) is 5.24 Å². The Bertz CT molecular complexity index is 1050. The van der Waals surface area contributed by atoms with Crippen molar-refractivity contribution in [2.45, 2.75) is 57.8 Å². The third kappa shape index (κ3) is 4.24. The maximum Gasteiger partial charge on any atom is 0.286 e. The highest BCUT2D eigenvalue weighted by Crippen LogP contribution is 2.43. The number of carbonyl (C=O) groups is 2. The molecule has 2 heterocycles. The lowest BCUT2D eigenvalue weighted by Crippen LogP contribution is -2.42. The van der Waals surface area contributed by atoms with Crippen molar-refractivity contribution >= 4 is 22.9 Å². The normalized spacial score (nSPS) is 22.6. The van der Waals surface area contributed by atoms with Crippen LogP contribution in [-0.2, 0) is 17.6 Å². The number of phenolic OH excluding ortho intramolecular Hbond substituents is 1. The van der Waals surface area contributed by atoms with E-state index in [-0.39, 0.29) is 16.4 Å². The fourth-order valence-corrected chi connectivity index (χ4v) is 4.96. The first-order valence-electron chi connectivity index (χ1n) is 10.4. The van der Waals surface area contributed by atoms with E-state index >= 15 is 0 Å². The van der Waals surface area contributed by atoms with E-state index in [1.54, 1.807) is 0 Å². The first-order chi connectivity index (χ1) is 14.7. The van der Waals surface area contributed by atoms with E-state index in [1.165, 1.54) is 0 Å². The highest BCUT2D eigenvalue weighted by atomic mass is 32.2. The van der Waals surface area contributed by atoms with E-state index < -0.39 is 5.60 Å². The molecule has 7 heteroatoms. The third-order valence-electron chi connectivity index (χ3n) is 6.25. The van der Waals surface area contributed by atoms with Gasteiger partial charge in [-0.3, -0.25) is 14.9 Å². The Morgan fingerprint density at radius 1 is 1.16 bits per heavy atom. The fraction of sp³-hybridized carbons (Fsp3) is 0.417. The van der Waals surface area contributed by atoms with Crippen LogP contribution >= 0.6 is 11.8 Å². The van der Waals surface area contributed by atoms with Crippen molar-refractivity contribution in [1.29, 1.82) is 0 Å². The summed E-state index contributed by atoms with van der Waals surface area (Å²) >= 11 is 1.04. The first-order valence-corrected chi connectivity index (χ1v) is 11.3. The van der Waals surface area contributed by atoms with Crippen molar-refractivity contribution in [2.75, 3.05) is 6.61 Å². The minimum Gasteiger partial charge on any atom is -0.507 e. The molecule has 31 heavy (non-hydrogen) atoms. The second kappa shape index (κ2) is 8.11. The van der Waals surface area contributed by atoms with Crippen LogP contribution in [0.4, 0.5) is 4.79 Å². The Morgan fingerprint density at radius 2 is 1.87 bits per heavy atom. The summed E-state index contributed by atoms with van der Waals surface area (Å²) in [6, 6.07) is 7.61. The molecule has 2 atom stereocenters. The number of hydrogen-bond acceptors (Lipinski definition) is 6. The highest BCUT2D eigenvalue weighted by molar-refractivity contribution is 8.15. The maximum absolute atomic E-state index is 11.7. The summed E-state index contributed by atoms with van der Waals surface area (Å²) in [5.74, 6) is 1.72. The number of aromatic hydroxyl groups is 1. The van der Waals surface area contributed by atoms with Gasteiger partial charge >= 0.3 is 0 Å². The zero-order chi connectivity index (χ0) is 22.3. The van der Waals surface area contributed by atoms with E-state index in [0.717, 1.165) is 63.9 Å². The standard InChI is InChI=1S/C24H27NO5S/c1-13-14(2)21-18(15(3)20(13)26)9-10-24(4,30-21)12-29-17-7-5-16(6-8-17)11-19-22(27)25-23(28)31-19/h5-8,19,26H,9-12H2,1-4H3,(H,25,27,28)/t19?,24-/m0/s1. The molecule has 0 radical (unpaired) electrons. The number of fused-ring (bicyclic) bond motifs is 1. The molecule has 2 aliphatic heterocycles. The Balaban J connectivity index is 1.41. The maximum atomic E-state index is 11.7. The van der Waals surface area contributed by atoms with Crippen molar-refractivity contribution in [3.05, 3.63) is 52.1 Å². The van der Waals surface area contributed by atoms with Crippen LogP contribution in [-0.4, -0.2) is 33.7 Å². The number of ether oxygens (including phenoxy) is 2. The van der Waals surface area contributed by atoms with Crippen LogP contribution in [0.2, 0.25) is 0 Å². The third-order valence-corrected chi connectivity index (χ3v) is 7.23. The summed E-state index contributed by atoms with van der Waals surface area (Å²) < 4.78 is 12.4. The summed E-state index contributed by atoms with van der Waals surface area (Å²) in [7, 11) is 0. The zero-order valence-corrected chi connectivity index (χ0v) is 19.0. The minimum absolute atomic E-state index is 0.230. The molecular formula is C24H27NO5S. The Labute approximate surface area is 186 Å². The van der Waals surface area contributed by atoms with Crippen molar-refractivity contribution in [2.24, 2.45) is 0 Å². The van der Waals surface area contributed by atoms with E-state index in [1.807, 2.05) is 52.0 Å². The van der Waals surface area contributed by atoms with Crippen molar-refractivity contribution < 1.29 is 24.2 Å². The van der Waals surface area contributed by atoms with Gasteiger partial charge in [0.05, 0.1) is 5.25 Å². The summed E-state index contributed by atoms with van der Waals surface area (Å²) in [4.78, 5) is 23.0. The number of imide groups is 1. The Morgan fingerprint density at radius 3 is 2.52 bits per heavy atom. The number of nitrogens with one attached hydrogen (secondary N) is 1. The molecule has 0 aliphatic carbocycles. The van der Waals surface area contributed by atoms with Gasteiger partial charge in [-0.1, -0.05) is 23.9 Å². The molecule has 0 bridgehead atoms. The van der Waals surface area contributed by atoms with Crippen LogP contribution in [0.5, 0.6) is 17.2 Å². The molecule has 2 aromatic carbocycles. The molecule has 1 unspecified atom stereocenters. The quantitative estimate of drug-likeness (QED) is 0.717. The van der Waals surface area contributed by atoms with Crippen LogP contribution in [0, 0.1) is 20.8 Å². The van der Waals surface area contributed by atoms with Gasteiger partial charge in [-0.25, -0.2) is 0 Å². The average molecular weight is 442 g/mol. The predicted octanol–water partition coefficient (Wildman–Crippen LogP) is 4.37. The lowest BCUT2D eigenvalue weighted by molar-refractivity contribution is -0.118. The van der Waals surface area contributed by atoms with E-state index in [0.29, 0.717) is 18.8 Å². The molecule has 6 nitrogen and oxygen atoms in total. The van der Waals surface area contributed by atoms with E-state index in [4.69, 9.17) is 9.47 Å². The smallest absolute Gasteiger partial charge is 0.286 e. The second-order valence-electron chi connectivity index (χ2n) is 8.60. The fourth-order valence-electron chi connectivity index (χ4n) is 4.10. The van der Waals surface area contributed by atoms with Gasteiger partial charge in [0, 0.05) is 5.56 Å². The number of carbonyl (C=O) groups excluding carboxylic acids is 2. The van der Waals surface area contributed by atoms with Gasteiger partial charge in [-0.15, -0.1) is 0 Å². The van der Waals surface area contributed by atoms with Crippen molar-refractivity contribution in [1.82, 2.24) is 5.32 Å². The first kappa shape index (κ1) is 21.6. The molecule has 2 aliphatic rings. The predicted molar refractivity (Wildman–Crippen MR) is 120 cm³/mol. The summed E-state index contributed by atoms with van der Waals surface area (Å²) in [5.41, 5.74) is 4.31. The van der Waals surface area contributed by atoms with Crippen LogP contribution in [0.3, 0.4) is 0 Å². The summed E-state index contributed by atoms with van der Waals surface area (Å²) in [5, 5.41) is 12.0. The lowest BCUT2D eigenvalue weighted by Gasteiger charge is -2.37. The molecule has 0 saturated carbocycles. The number of rotatable bonds is 5. The number of thioether (sulfide) groups is 1. The largest absolute Gasteiger partial charge is 0.507 e. The van der Waals surface area contributed by atoms with Crippen LogP contribution in [0.1, 0.15) is 41.2 Å². The van der Waals surface area contributed by atoms with E-state index in [2.05, 4.69) is 5.32 Å². The molecule has 4 rings (SSSR count). The molecule has 0 spiro atoms. The Kier molecular flexibility index (Phi) is 5.64. The van der Waals surface area contributed by atoms with Gasteiger partial charge in [-0.05, 0) is 81.3 Å². The SMILES string of the molecule is Cc1c(C)c2c(c(C)c1O)CC[C@@](C)(COc1ccc(CC3SC(=O)NC3=O)cc1)O2. The molecule has 1 saturated heterocycles. The highest BCUT2D eigenvalue weighted by Gasteiger charge is 2.35. The molecule has 164 valence electrons. The van der Waals surface area contributed by atoms with Gasteiger partial charge in [0.2, 0.25) is 5.91 Å². The number of amides is 2. The van der Waals surface area contributed by atoms with Crippen LogP contribution in [0.15, 0.2) is 24.3 Å². The van der Waals surface area contributed by atoms with Gasteiger partial charge < -0.3 is 14.6 Å². The molecule has 2 N–H and O–H groups in total. The average Bonchev–Trinajstić information content (AvgIpc) is 3.06. The van der Waals surface area contributed by atoms with E-state index in [9.17, 15) is 14.7 Å². The van der Waals surface area contributed by atoms with Crippen molar-refractivity contribution in [3.63, 3.8) is 0 Å². The molecule has 2 aromatic rings. The lowest BCUT2D eigenvalue weighted by atomic mass is 9.87. The topological polar surface area (TPSA) is 84.9 Å². The van der Waals surface area contributed by atoms with Gasteiger partial charge in [0.1, 0.15) is 29.5 Å². The monoisotopic (exact) mass is 441 g/mol. The van der Waals surface area contributed by atoms with Gasteiger partial charge in [0.15, 0.2) is 0 Å². The molecule has 2 amide bonds.